The largest absolute Gasteiger partial charge is 0.465 e. The van der Waals surface area contributed by atoms with Gasteiger partial charge in [0, 0.05) is 6.61 Å². The van der Waals surface area contributed by atoms with Gasteiger partial charge in [0.2, 0.25) is 0 Å². The van der Waals surface area contributed by atoms with E-state index in [9.17, 15) is 4.79 Å². The van der Waals surface area contributed by atoms with E-state index in [0.717, 1.165) is 5.56 Å². The molecule has 0 heterocycles. The minimum absolute atomic E-state index is 0.220. The number of carbonyl (C=O) groups excluding carboxylic acids is 1. The van der Waals surface area contributed by atoms with E-state index >= 15 is 0 Å². The summed E-state index contributed by atoms with van der Waals surface area (Å²) in [5, 5.41) is 0. The molecule has 1 aromatic carbocycles. The Labute approximate surface area is 96.4 Å². The van der Waals surface area contributed by atoms with E-state index in [4.69, 9.17) is 9.47 Å². The van der Waals surface area contributed by atoms with Crippen LogP contribution in [0.15, 0.2) is 30.3 Å². The van der Waals surface area contributed by atoms with Gasteiger partial charge in [-0.15, -0.1) is 0 Å². The molecule has 0 N–H and O–H groups in total. The fourth-order valence-corrected chi connectivity index (χ4v) is 1.46. The number of hydrogen-bond donors (Lipinski definition) is 0. The van der Waals surface area contributed by atoms with Gasteiger partial charge in [-0.1, -0.05) is 30.3 Å². The maximum Gasteiger partial charge on any atom is 0.315 e. The number of rotatable bonds is 6. The molecule has 1 unspecified atom stereocenters. The summed E-state index contributed by atoms with van der Waals surface area (Å²) in [6.45, 7) is 5.09. The monoisotopic (exact) mass is 222 g/mol. The molecule has 0 aliphatic carbocycles. The molecule has 0 aliphatic heterocycles. The summed E-state index contributed by atoms with van der Waals surface area (Å²) in [7, 11) is 0. The van der Waals surface area contributed by atoms with Crippen LogP contribution in [0.25, 0.3) is 0 Å². The third-order valence-electron chi connectivity index (χ3n) is 2.26. The van der Waals surface area contributed by atoms with Crippen LogP contribution in [0.3, 0.4) is 0 Å². The summed E-state index contributed by atoms with van der Waals surface area (Å²) in [6.07, 6.45) is 0. The molecule has 0 radical (unpaired) electrons. The van der Waals surface area contributed by atoms with Crippen LogP contribution in [0.4, 0.5) is 0 Å². The van der Waals surface area contributed by atoms with Crippen molar-refractivity contribution in [1.29, 1.82) is 0 Å². The second-order valence-electron chi connectivity index (χ2n) is 3.37. The lowest BCUT2D eigenvalue weighted by atomic mass is 10.0. The van der Waals surface area contributed by atoms with Gasteiger partial charge in [-0.05, 0) is 19.4 Å². The molecule has 0 fully saturated rings. The second kappa shape index (κ2) is 7.01. The van der Waals surface area contributed by atoms with E-state index in [0.29, 0.717) is 19.8 Å². The lowest BCUT2D eigenvalue weighted by Crippen LogP contribution is -2.21. The molecule has 1 rings (SSSR count). The van der Waals surface area contributed by atoms with Crippen molar-refractivity contribution in [2.75, 3.05) is 19.8 Å². The van der Waals surface area contributed by atoms with E-state index in [1.165, 1.54) is 0 Å². The Hall–Kier alpha value is -1.35. The SMILES string of the molecule is CCOCC(C(=O)OCC)c1ccccc1. The van der Waals surface area contributed by atoms with Gasteiger partial charge >= 0.3 is 5.97 Å². The quantitative estimate of drug-likeness (QED) is 0.693. The molecule has 0 aromatic heterocycles. The van der Waals surface area contributed by atoms with Gasteiger partial charge in [0.25, 0.3) is 0 Å². The Morgan fingerprint density at radius 3 is 2.44 bits per heavy atom. The highest BCUT2D eigenvalue weighted by atomic mass is 16.5. The molecule has 16 heavy (non-hydrogen) atoms. The summed E-state index contributed by atoms with van der Waals surface area (Å²) in [6, 6.07) is 9.58. The lowest BCUT2D eigenvalue weighted by molar-refractivity contribution is -0.146. The predicted octanol–water partition coefficient (Wildman–Crippen LogP) is 2.37. The number of carbonyl (C=O) groups is 1. The third kappa shape index (κ3) is 3.66. The maximum atomic E-state index is 11.7. The highest BCUT2D eigenvalue weighted by Crippen LogP contribution is 2.17. The zero-order chi connectivity index (χ0) is 11.8. The summed E-state index contributed by atoms with van der Waals surface area (Å²) < 4.78 is 10.4. The molecular formula is C13H18O3. The second-order valence-corrected chi connectivity index (χ2v) is 3.37. The summed E-state index contributed by atoms with van der Waals surface area (Å²) in [4.78, 5) is 11.7. The summed E-state index contributed by atoms with van der Waals surface area (Å²) in [5.74, 6) is -0.539. The molecule has 1 aromatic rings. The van der Waals surface area contributed by atoms with Crippen LogP contribution in [-0.2, 0) is 14.3 Å². The van der Waals surface area contributed by atoms with Crippen LogP contribution in [0, 0.1) is 0 Å². The van der Waals surface area contributed by atoms with Crippen molar-refractivity contribution in [3.8, 4) is 0 Å². The molecule has 88 valence electrons. The van der Waals surface area contributed by atoms with Crippen LogP contribution < -0.4 is 0 Å². The van der Waals surface area contributed by atoms with Crippen molar-refractivity contribution in [3.63, 3.8) is 0 Å². The van der Waals surface area contributed by atoms with Crippen molar-refractivity contribution in [2.24, 2.45) is 0 Å². The van der Waals surface area contributed by atoms with Crippen LogP contribution in [0.1, 0.15) is 25.3 Å². The van der Waals surface area contributed by atoms with Gasteiger partial charge in [0.15, 0.2) is 0 Å². The molecule has 0 amide bonds. The van der Waals surface area contributed by atoms with E-state index in [-0.39, 0.29) is 11.9 Å². The normalized spacial score (nSPS) is 12.1. The molecule has 0 bridgehead atoms. The first-order valence-corrected chi connectivity index (χ1v) is 5.58. The Morgan fingerprint density at radius 1 is 1.19 bits per heavy atom. The molecule has 0 aliphatic rings. The van der Waals surface area contributed by atoms with Crippen molar-refractivity contribution >= 4 is 5.97 Å². The van der Waals surface area contributed by atoms with Crippen LogP contribution >= 0.6 is 0 Å². The molecule has 0 spiro atoms. The standard InChI is InChI=1S/C13H18O3/c1-3-15-10-12(13(14)16-4-2)11-8-6-5-7-9-11/h5-9,12H,3-4,10H2,1-2H3. The smallest absolute Gasteiger partial charge is 0.315 e. The van der Waals surface area contributed by atoms with E-state index in [1.54, 1.807) is 6.92 Å². The fourth-order valence-electron chi connectivity index (χ4n) is 1.46. The average Bonchev–Trinajstić information content (AvgIpc) is 2.31. The Kier molecular flexibility index (Phi) is 5.57. The van der Waals surface area contributed by atoms with Crippen molar-refractivity contribution in [3.05, 3.63) is 35.9 Å². The summed E-state index contributed by atoms with van der Waals surface area (Å²) in [5.41, 5.74) is 0.939. The Morgan fingerprint density at radius 2 is 1.88 bits per heavy atom. The highest BCUT2D eigenvalue weighted by molar-refractivity contribution is 5.78. The molecule has 1 atom stereocenters. The van der Waals surface area contributed by atoms with Crippen LogP contribution in [0.5, 0.6) is 0 Å². The van der Waals surface area contributed by atoms with Crippen molar-refractivity contribution in [2.45, 2.75) is 19.8 Å². The number of esters is 1. The topological polar surface area (TPSA) is 35.5 Å². The van der Waals surface area contributed by atoms with Crippen molar-refractivity contribution < 1.29 is 14.3 Å². The van der Waals surface area contributed by atoms with Gasteiger partial charge in [0.1, 0.15) is 5.92 Å². The first kappa shape index (κ1) is 12.7. The molecule has 3 nitrogen and oxygen atoms in total. The van der Waals surface area contributed by atoms with E-state index < -0.39 is 0 Å². The number of benzene rings is 1. The molecule has 0 saturated carbocycles. The number of hydrogen-bond acceptors (Lipinski definition) is 3. The zero-order valence-corrected chi connectivity index (χ0v) is 9.81. The zero-order valence-electron chi connectivity index (χ0n) is 9.81. The van der Waals surface area contributed by atoms with Gasteiger partial charge < -0.3 is 9.47 Å². The first-order chi connectivity index (χ1) is 7.79. The minimum Gasteiger partial charge on any atom is -0.465 e. The lowest BCUT2D eigenvalue weighted by Gasteiger charge is -2.15. The van der Waals surface area contributed by atoms with Crippen LogP contribution in [0.2, 0.25) is 0 Å². The third-order valence-corrected chi connectivity index (χ3v) is 2.26. The minimum atomic E-state index is -0.318. The van der Waals surface area contributed by atoms with E-state index in [2.05, 4.69) is 0 Å². The highest BCUT2D eigenvalue weighted by Gasteiger charge is 2.21. The predicted molar refractivity (Wildman–Crippen MR) is 62.3 cm³/mol. The molecule has 3 heteroatoms. The Bertz CT molecular complexity index is 308. The molecular weight excluding hydrogens is 204 g/mol. The average molecular weight is 222 g/mol. The van der Waals surface area contributed by atoms with E-state index in [1.807, 2.05) is 37.3 Å². The number of ether oxygens (including phenoxy) is 2. The first-order valence-electron chi connectivity index (χ1n) is 5.58. The van der Waals surface area contributed by atoms with Gasteiger partial charge in [0.05, 0.1) is 13.2 Å². The van der Waals surface area contributed by atoms with Gasteiger partial charge in [-0.2, -0.15) is 0 Å². The Balaban J connectivity index is 2.74. The maximum absolute atomic E-state index is 11.7. The molecule has 0 saturated heterocycles. The van der Waals surface area contributed by atoms with Crippen molar-refractivity contribution in [1.82, 2.24) is 0 Å². The van der Waals surface area contributed by atoms with Crippen LogP contribution in [-0.4, -0.2) is 25.8 Å². The fraction of sp³-hybridized carbons (Fsp3) is 0.462. The van der Waals surface area contributed by atoms with Gasteiger partial charge in [-0.25, -0.2) is 0 Å². The van der Waals surface area contributed by atoms with Gasteiger partial charge in [-0.3, -0.25) is 4.79 Å². The summed E-state index contributed by atoms with van der Waals surface area (Å²) >= 11 is 0.